The molecule has 1 heterocycles. The Balaban J connectivity index is 1.56. The second-order valence-corrected chi connectivity index (χ2v) is 5.91. The van der Waals surface area contributed by atoms with E-state index in [0.29, 0.717) is 23.5 Å². The van der Waals surface area contributed by atoms with E-state index in [2.05, 4.69) is 9.72 Å². The van der Waals surface area contributed by atoms with Crippen LogP contribution >= 0.6 is 0 Å². The summed E-state index contributed by atoms with van der Waals surface area (Å²) in [5.74, 6) is 1.33. The van der Waals surface area contributed by atoms with Crippen molar-refractivity contribution in [2.75, 3.05) is 0 Å². The molecule has 28 heavy (non-hydrogen) atoms. The molecule has 7 heteroatoms. The van der Waals surface area contributed by atoms with E-state index in [9.17, 15) is 13.6 Å². The molecule has 0 amide bonds. The highest BCUT2D eigenvalue weighted by Crippen LogP contribution is 2.17. The van der Waals surface area contributed by atoms with Gasteiger partial charge >= 0.3 is 6.61 Å². The number of imidazole rings is 1. The first-order chi connectivity index (χ1) is 13.5. The summed E-state index contributed by atoms with van der Waals surface area (Å²) in [5, 5.41) is 0. The molecule has 0 saturated carbocycles. The average molecular weight is 384 g/mol. The Bertz CT molecular complexity index is 949. The van der Waals surface area contributed by atoms with E-state index in [1.54, 1.807) is 48.7 Å². The fraction of sp³-hybridized carbons (Fsp3) is 0.143. The Morgan fingerprint density at radius 2 is 1.79 bits per heavy atom. The summed E-state index contributed by atoms with van der Waals surface area (Å²) in [7, 11) is 1.89. The van der Waals surface area contributed by atoms with Crippen molar-refractivity contribution < 1.29 is 23.0 Å². The maximum Gasteiger partial charge on any atom is 0.387 e. The molecule has 0 N–H and O–H groups in total. The number of allylic oxidation sites excluding steroid dienone is 1. The van der Waals surface area contributed by atoms with E-state index in [-0.39, 0.29) is 11.5 Å². The zero-order valence-electron chi connectivity index (χ0n) is 15.1. The number of halogens is 2. The van der Waals surface area contributed by atoms with Gasteiger partial charge in [-0.1, -0.05) is 18.2 Å². The van der Waals surface area contributed by atoms with Gasteiger partial charge in [-0.05, 0) is 48.0 Å². The van der Waals surface area contributed by atoms with Crippen molar-refractivity contribution in [3.05, 3.63) is 84.0 Å². The second kappa shape index (κ2) is 8.94. The molecule has 0 saturated heterocycles. The minimum absolute atomic E-state index is 0.0691. The summed E-state index contributed by atoms with van der Waals surface area (Å²) in [6.07, 6.45) is 6.57. The van der Waals surface area contributed by atoms with E-state index in [0.717, 1.165) is 5.82 Å². The van der Waals surface area contributed by atoms with E-state index in [1.165, 1.54) is 18.2 Å². The number of carbonyl (C=O) groups excluding carboxylic acids is 1. The van der Waals surface area contributed by atoms with Crippen LogP contribution < -0.4 is 9.47 Å². The Morgan fingerprint density at radius 3 is 2.39 bits per heavy atom. The molecule has 5 nitrogen and oxygen atoms in total. The average Bonchev–Trinajstić information content (AvgIpc) is 3.10. The van der Waals surface area contributed by atoms with E-state index < -0.39 is 6.61 Å². The van der Waals surface area contributed by atoms with Crippen LogP contribution in [0.4, 0.5) is 8.78 Å². The number of ether oxygens (including phenoxy) is 2. The summed E-state index contributed by atoms with van der Waals surface area (Å²) < 4.78 is 36.1. The van der Waals surface area contributed by atoms with Gasteiger partial charge in [-0.3, -0.25) is 4.79 Å². The molecular weight excluding hydrogens is 366 g/mol. The number of carbonyl (C=O) groups is 1. The number of aromatic nitrogens is 2. The van der Waals surface area contributed by atoms with Gasteiger partial charge < -0.3 is 14.0 Å². The quantitative estimate of drug-likeness (QED) is 0.424. The van der Waals surface area contributed by atoms with Crippen molar-refractivity contribution in [2.45, 2.75) is 13.2 Å². The van der Waals surface area contributed by atoms with Crippen molar-refractivity contribution in [1.82, 2.24) is 9.55 Å². The molecule has 3 aromatic rings. The number of nitrogens with zero attached hydrogens (tertiary/aromatic N) is 2. The second-order valence-electron chi connectivity index (χ2n) is 5.91. The molecule has 3 rings (SSSR count). The summed E-state index contributed by atoms with van der Waals surface area (Å²) in [6.45, 7) is -2.53. The lowest BCUT2D eigenvalue weighted by atomic mass is 10.1. The third kappa shape index (κ3) is 5.26. The standard InChI is InChI=1S/C21H18F2N2O3/c1-25-13-12-24-20(25)14-27-17-9-5-16(6-10-17)19(26)11-4-15-2-7-18(8-3-15)28-21(22)23/h2-13,21H,14H2,1H3/b11-4+. The van der Waals surface area contributed by atoms with Crippen molar-refractivity contribution in [3.8, 4) is 11.5 Å². The van der Waals surface area contributed by atoms with Crippen LogP contribution in [0.1, 0.15) is 21.7 Å². The van der Waals surface area contributed by atoms with Gasteiger partial charge in [-0.15, -0.1) is 0 Å². The van der Waals surface area contributed by atoms with E-state index in [1.807, 2.05) is 17.8 Å². The zero-order valence-corrected chi connectivity index (χ0v) is 15.1. The highest BCUT2D eigenvalue weighted by molar-refractivity contribution is 6.06. The highest BCUT2D eigenvalue weighted by Gasteiger charge is 2.05. The molecular formula is C21H18F2N2O3. The fourth-order valence-electron chi connectivity index (χ4n) is 2.43. The van der Waals surface area contributed by atoms with Gasteiger partial charge in [0, 0.05) is 25.0 Å². The maximum absolute atomic E-state index is 12.3. The third-order valence-corrected chi connectivity index (χ3v) is 3.96. The van der Waals surface area contributed by atoms with Crippen LogP contribution in [0.5, 0.6) is 11.5 Å². The van der Waals surface area contributed by atoms with Crippen LogP contribution in [0.25, 0.3) is 6.08 Å². The number of benzene rings is 2. The number of hydrogen-bond acceptors (Lipinski definition) is 4. The van der Waals surface area contributed by atoms with Crippen molar-refractivity contribution in [2.24, 2.45) is 7.05 Å². The monoisotopic (exact) mass is 384 g/mol. The van der Waals surface area contributed by atoms with Crippen LogP contribution in [-0.2, 0) is 13.7 Å². The number of ketones is 1. The summed E-state index contributed by atoms with van der Waals surface area (Å²) in [6, 6.07) is 12.8. The van der Waals surface area contributed by atoms with Crippen molar-refractivity contribution in [3.63, 3.8) is 0 Å². The molecule has 144 valence electrons. The SMILES string of the molecule is Cn1ccnc1COc1ccc(C(=O)/C=C/c2ccc(OC(F)F)cc2)cc1. The highest BCUT2D eigenvalue weighted by atomic mass is 19.3. The Hall–Kier alpha value is -3.48. The van der Waals surface area contributed by atoms with Gasteiger partial charge in [0.2, 0.25) is 0 Å². The number of hydrogen-bond donors (Lipinski definition) is 0. The molecule has 0 aliphatic rings. The summed E-state index contributed by atoms with van der Waals surface area (Å²) >= 11 is 0. The fourth-order valence-corrected chi connectivity index (χ4v) is 2.43. The van der Waals surface area contributed by atoms with Crippen LogP contribution in [0.15, 0.2) is 67.0 Å². The third-order valence-electron chi connectivity index (χ3n) is 3.96. The predicted octanol–water partition coefficient (Wildman–Crippen LogP) is 4.50. The molecule has 0 radical (unpaired) electrons. The smallest absolute Gasteiger partial charge is 0.387 e. The minimum Gasteiger partial charge on any atom is -0.486 e. The largest absolute Gasteiger partial charge is 0.486 e. The molecule has 0 spiro atoms. The number of rotatable bonds is 8. The summed E-state index contributed by atoms with van der Waals surface area (Å²) in [5.41, 5.74) is 1.21. The van der Waals surface area contributed by atoms with Gasteiger partial charge in [0.15, 0.2) is 5.78 Å². The zero-order chi connectivity index (χ0) is 19.9. The molecule has 0 unspecified atom stereocenters. The first kappa shape index (κ1) is 19.3. The Morgan fingerprint density at radius 1 is 1.11 bits per heavy atom. The van der Waals surface area contributed by atoms with Gasteiger partial charge in [-0.2, -0.15) is 8.78 Å². The number of alkyl halides is 2. The molecule has 0 fully saturated rings. The molecule has 0 aliphatic carbocycles. The van der Waals surface area contributed by atoms with Gasteiger partial charge in [-0.25, -0.2) is 4.98 Å². The molecule has 0 atom stereocenters. The lowest BCUT2D eigenvalue weighted by Gasteiger charge is -2.06. The molecule has 2 aromatic carbocycles. The topological polar surface area (TPSA) is 53.4 Å². The lowest BCUT2D eigenvalue weighted by molar-refractivity contribution is -0.0498. The summed E-state index contributed by atoms with van der Waals surface area (Å²) in [4.78, 5) is 16.4. The predicted molar refractivity (Wildman–Crippen MR) is 100 cm³/mol. The molecule has 1 aromatic heterocycles. The van der Waals surface area contributed by atoms with Crippen LogP contribution in [0, 0.1) is 0 Å². The van der Waals surface area contributed by atoms with E-state index >= 15 is 0 Å². The van der Waals surface area contributed by atoms with Crippen molar-refractivity contribution in [1.29, 1.82) is 0 Å². The maximum atomic E-state index is 12.3. The lowest BCUT2D eigenvalue weighted by Crippen LogP contribution is -2.03. The first-order valence-corrected chi connectivity index (χ1v) is 8.47. The van der Waals surface area contributed by atoms with E-state index in [4.69, 9.17) is 4.74 Å². The normalized spacial score (nSPS) is 11.1. The molecule has 0 aliphatic heterocycles. The van der Waals surface area contributed by atoms with Gasteiger partial charge in [0.05, 0.1) is 0 Å². The van der Waals surface area contributed by atoms with Crippen LogP contribution in [0.3, 0.4) is 0 Å². The van der Waals surface area contributed by atoms with Crippen molar-refractivity contribution >= 4 is 11.9 Å². The Labute approximate surface area is 160 Å². The minimum atomic E-state index is -2.86. The van der Waals surface area contributed by atoms with Crippen LogP contribution in [0.2, 0.25) is 0 Å². The van der Waals surface area contributed by atoms with Gasteiger partial charge in [0.25, 0.3) is 0 Å². The molecule has 0 bridgehead atoms. The van der Waals surface area contributed by atoms with Crippen LogP contribution in [-0.4, -0.2) is 21.9 Å². The number of aryl methyl sites for hydroxylation is 1. The van der Waals surface area contributed by atoms with Gasteiger partial charge in [0.1, 0.15) is 23.9 Å². The first-order valence-electron chi connectivity index (χ1n) is 8.47. The Kier molecular flexibility index (Phi) is 6.16.